The second-order valence-electron chi connectivity index (χ2n) is 10.4. The number of rotatable bonds is 4. The summed E-state index contributed by atoms with van der Waals surface area (Å²) in [5.41, 5.74) is -3.36. The fraction of sp³-hybridized carbons (Fsp3) is 0.667. The van der Waals surface area contributed by atoms with Gasteiger partial charge in [0.1, 0.15) is 17.3 Å². The van der Waals surface area contributed by atoms with Gasteiger partial charge in [-0.25, -0.2) is 9.59 Å². The van der Waals surface area contributed by atoms with Gasteiger partial charge in [0.2, 0.25) is 11.7 Å². The van der Waals surface area contributed by atoms with Crippen molar-refractivity contribution >= 4 is 11.9 Å². The van der Waals surface area contributed by atoms with Gasteiger partial charge in [0, 0.05) is 12.8 Å². The van der Waals surface area contributed by atoms with Gasteiger partial charge in [-0.05, 0) is 59.9 Å². The quantitative estimate of drug-likeness (QED) is 0.720. The second kappa shape index (κ2) is 8.19. The van der Waals surface area contributed by atoms with Crippen LogP contribution in [0.3, 0.4) is 0 Å². The van der Waals surface area contributed by atoms with Crippen LogP contribution in [0.1, 0.15) is 78.9 Å². The Kier molecular flexibility index (Phi) is 6.26. The number of aliphatic hydroxyl groups is 1. The minimum absolute atomic E-state index is 0.417. The molecule has 1 aromatic rings. The first kappa shape index (κ1) is 23.7. The molecule has 3 atom stereocenters. The highest BCUT2D eigenvalue weighted by molar-refractivity contribution is 5.91. The van der Waals surface area contributed by atoms with Crippen molar-refractivity contribution < 1.29 is 33.6 Å². The van der Waals surface area contributed by atoms with Crippen molar-refractivity contribution in [3.8, 4) is 0 Å². The Morgan fingerprint density at radius 1 is 1.00 bits per heavy atom. The van der Waals surface area contributed by atoms with Crippen molar-refractivity contribution in [2.24, 2.45) is 0 Å². The third-order valence-corrected chi connectivity index (χ3v) is 5.30. The number of aliphatic hydroxyl groups excluding tert-OH is 1. The molecule has 1 aliphatic heterocycles. The van der Waals surface area contributed by atoms with Crippen molar-refractivity contribution in [2.45, 2.75) is 102 Å². The first-order chi connectivity index (χ1) is 14.3. The molecule has 31 heavy (non-hydrogen) atoms. The highest BCUT2D eigenvalue weighted by Gasteiger charge is 2.70. The van der Waals surface area contributed by atoms with Crippen LogP contribution in [-0.2, 0) is 28.5 Å². The molecule has 7 nitrogen and oxygen atoms in total. The van der Waals surface area contributed by atoms with Gasteiger partial charge in [0.15, 0.2) is 5.79 Å². The normalized spacial score (nSPS) is 26.6. The van der Waals surface area contributed by atoms with Crippen LogP contribution in [0, 0.1) is 0 Å². The Morgan fingerprint density at radius 3 is 2.06 bits per heavy atom. The van der Waals surface area contributed by atoms with E-state index in [-0.39, 0.29) is 0 Å². The first-order valence-corrected chi connectivity index (χ1v) is 10.9. The van der Waals surface area contributed by atoms with Gasteiger partial charge in [-0.2, -0.15) is 0 Å². The van der Waals surface area contributed by atoms with E-state index < -0.39 is 46.7 Å². The average Bonchev–Trinajstić information content (AvgIpc) is 3.25. The van der Waals surface area contributed by atoms with Crippen LogP contribution in [0.4, 0.5) is 0 Å². The lowest BCUT2D eigenvalue weighted by Gasteiger charge is -2.37. The zero-order valence-corrected chi connectivity index (χ0v) is 19.3. The molecule has 0 bridgehead atoms. The van der Waals surface area contributed by atoms with E-state index in [2.05, 4.69) is 0 Å². The van der Waals surface area contributed by atoms with Gasteiger partial charge in [-0.1, -0.05) is 30.3 Å². The van der Waals surface area contributed by atoms with Crippen LogP contribution >= 0.6 is 0 Å². The van der Waals surface area contributed by atoms with Gasteiger partial charge in [0.05, 0.1) is 0 Å². The van der Waals surface area contributed by atoms with Gasteiger partial charge >= 0.3 is 11.9 Å². The van der Waals surface area contributed by atoms with E-state index in [0.29, 0.717) is 18.4 Å². The van der Waals surface area contributed by atoms with Gasteiger partial charge in [-0.15, -0.1) is 0 Å². The van der Waals surface area contributed by atoms with Crippen LogP contribution in [0.25, 0.3) is 0 Å². The molecule has 0 amide bonds. The highest BCUT2D eigenvalue weighted by Crippen LogP contribution is 2.52. The molecular formula is C24H34O7. The Morgan fingerprint density at radius 2 is 1.55 bits per heavy atom. The Hall–Kier alpha value is -1.96. The van der Waals surface area contributed by atoms with Crippen molar-refractivity contribution in [3.63, 3.8) is 0 Å². The molecule has 1 saturated carbocycles. The maximum absolute atomic E-state index is 13.6. The fourth-order valence-electron chi connectivity index (χ4n) is 4.10. The first-order valence-electron chi connectivity index (χ1n) is 10.9. The van der Waals surface area contributed by atoms with E-state index in [0.717, 1.165) is 12.8 Å². The van der Waals surface area contributed by atoms with Gasteiger partial charge < -0.3 is 24.1 Å². The lowest BCUT2D eigenvalue weighted by atomic mass is 9.85. The summed E-state index contributed by atoms with van der Waals surface area (Å²) in [5.74, 6) is -2.76. The van der Waals surface area contributed by atoms with Crippen molar-refractivity contribution in [3.05, 3.63) is 35.9 Å². The number of hydrogen-bond acceptors (Lipinski definition) is 7. The molecule has 0 radical (unpaired) electrons. The van der Waals surface area contributed by atoms with Crippen LogP contribution in [0.15, 0.2) is 30.3 Å². The fourth-order valence-corrected chi connectivity index (χ4v) is 4.10. The standard InChI is InChI=1S/C24H34O7/c1-21(2,3)29-19(26)18-24(20(27)30-22(4,5)6,17(25)16-12-8-7-9-13-16)31-23(28-18)14-10-11-15-23/h7-9,12-13,17-18,25H,10-11,14-15H2,1-6H3/t17-,18-,24-/m1/s1. The molecule has 2 aliphatic rings. The lowest BCUT2D eigenvalue weighted by molar-refractivity contribution is -0.223. The van der Waals surface area contributed by atoms with E-state index in [9.17, 15) is 14.7 Å². The van der Waals surface area contributed by atoms with Crippen LogP contribution < -0.4 is 0 Å². The van der Waals surface area contributed by atoms with Crippen LogP contribution in [0.2, 0.25) is 0 Å². The summed E-state index contributed by atoms with van der Waals surface area (Å²) >= 11 is 0. The highest BCUT2D eigenvalue weighted by atomic mass is 16.8. The molecule has 0 unspecified atom stereocenters. The average molecular weight is 435 g/mol. The van der Waals surface area contributed by atoms with Crippen LogP contribution in [0.5, 0.6) is 0 Å². The zero-order chi connectivity index (χ0) is 23.1. The van der Waals surface area contributed by atoms with E-state index in [1.54, 1.807) is 71.9 Å². The number of benzene rings is 1. The SMILES string of the molecule is CC(C)(C)OC(=O)[C@H]1OC2(CCCC2)O[C@]1(C(=O)OC(C)(C)C)[C@H](O)c1ccccc1. The smallest absolute Gasteiger partial charge is 0.345 e. The molecule has 7 heteroatoms. The lowest BCUT2D eigenvalue weighted by Crippen LogP contribution is -2.58. The molecule has 3 rings (SSSR count). The van der Waals surface area contributed by atoms with Crippen molar-refractivity contribution in [1.29, 1.82) is 0 Å². The maximum Gasteiger partial charge on any atom is 0.345 e. The number of carbonyl (C=O) groups excluding carboxylic acids is 2. The minimum Gasteiger partial charge on any atom is -0.458 e. The molecule has 1 aromatic carbocycles. The monoisotopic (exact) mass is 434 g/mol. The molecule has 1 heterocycles. The van der Waals surface area contributed by atoms with E-state index >= 15 is 0 Å². The molecule has 1 aliphatic carbocycles. The maximum atomic E-state index is 13.6. The second-order valence-corrected chi connectivity index (χ2v) is 10.4. The number of esters is 2. The topological polar surface area (TPSA) is 91.3 Å². The Labute approximate surface area is 184 Å². The predicted octanol–water partition coefficient (Wildman–Crippen LogP) is 3.83. The predicted molar refractivity (Wildman–Crippen MR) is 113 cm³/mol. The Balaban J connectivity index is 2.13. The van der Waals surface area contributed by atoms with Crippen LogP contribution in [-0.4, -0.2) is 45.7 Å². The number of hydrogen-bond donors (Lipinski definition) is 1. The summed E-state index contributed by atoms with van der Waals surface area (Å²) in [6.45, 7) is 10.4. The molecule has 1 N–H and O–H groups in total. The molecule has 1 saturated heterocycles. The van der Waals surface area contributed by atoms with E-state index in [1.807, 2.05) is 0 Å². The third kappa shape index (κ3) is 4.94. The molecule has 172 valence electrons. The van der Waals surface area contributed by atoms with Crippen molar-refractivity contribution in [1.82, 2.24) is 0 Å². The summed E-state index contributed by atoms with van der Waals surface area (Å²) in [6, 6.07) is 8.63. The van der Waals surface area contributed by atoms with Gasteiger partial charge in [0.25, 0.3) is 0 Å². The molecule has 0 aromatic heterocycles. The molecule has 2 fully saturated rings. The minimum atomic E-state index is -2.10. The number of ether oxygens (including phenoxy) is 4. The molecular weight excluding hydrogens is 400 g/mol. The Bertz CT molecular complexity index is 799. The summed E-state index contributed by atoms with van der Waals surface area (Å²) in [5, 5.41) is 11.5. The number of carbonyl (C=O) groups is 2. The summed E-state index contributed by atoms with van der Waals surface area (Å²) in [6.07, 6.45) is -0.299. The van der Waals surface area contributed by atoms with Crippen molar-refractivity contribution in [2.75, 3.05) is 0 Å². The van der Waals surface area contributed by atoms with Gasteiger partial charge in [-0.3, -0.25) is 0 Å². The molecule has 1 spiro atoms. The third-order valence-electron chi connectivity index (χ3n) is 5.30. The summed E-state index contributed by atoms with van der Waals surface area (Å²) in [4.78, 5) is 26.9. The summed E-state index contributed by atoms with van der Waals surface area (Å²) in [7, 11) is 0. The van der Waals surface area contributed by atoms with E-state index in [1.165, 1.54) is 0 Å². The summed E-state index contributed by atoms with van der Waals surface area (Å²) < 4.78 is 23.7. The zero-order valence-electron chi connectivity index (χ0n) is 19.3. The van der Waals surface area contributed by atoms with E-state index in [4.69, 9.17) is 18.9 Å². The largest absolute Gasteiger partial charge is 0.458 e.